The van der Waals surface area contributed by atoms with Gasteiger partial charge in [-0.3, -0.25) is 14.6 Å². The van der Waals surface area contributed by atoms with Crippen LogP contribution in [0.3, 0.4) is 0 Å². The predicted molar refractivity (Wildman–Crippen MR) is 143 cm³/mol. The molecule has 2 atom stereocenters. The van der Waals surface area contributed by atoms with E-state index in [0.29, 0.717) is 34.6 Å². The molecule has 2 aliphatic heterocycles. The molecule has 0 unspecified atom stereocenters. The molecule has 8 heteroatoms. The second-order valence-corrected chi connectivity index (χ2v) is 9.86. The van der Waals surface area contributed by atoms with Crippen molar-refractivity contribution in [2.45, 2.75) is 31.1 Å². The maximum Gasteiger partial charge on any atom is 0.259 e. The number of hydrogen-bond acceptors (Lipinski definition) is 5. The van der Waals surface area contributed by atoms with E-state index in [1.54, 1.807) is 29.2 Å². The van der Waals surface area contributed by atoms with Gasteiger partial charge in [-0.1, -0.05) is 72.8 Å². The van der Waals surface area contributed by atoms with Crippen LogP contribution in [0.2, 0.25) is 5.02 Å². The SMILES string of the molecule is CC[C@@H](SC1=Nc2ccccc2C2=N[C@@H](Cc3ccccc3)C(=O)N12)C(=O)Nc1ccc(Cl)cc1. The lowest BCUT2D eigenvalue weighted by atomic mass is 10.1. The average molecular weight is 503 g/mol. The van der Waals surface area contributed by atoms with E-state index in [1.807, 2.05) is 61.5 Å². The number of nitrogens with zero attached hydrogens (tertiary/aromatic N) is 3. The number of thioether (sulfide) groups is 1. The van der Waals surface area contributed by atoms with Crippen molar-refractivity contribution in [2.24, 2.45) is 9.98 Å². The number of para-hydroxylation sites is 1. The molecule has 0 saturated heterocycles. The second kappa shape index (κ2) is 10.1. The molecule has 0 saturated carbocycles. The summed E-state index contributed by atoms with van der Waals surface area (Å²) in [6.45, 7) is 1.94. The number of anilines is 1. The lowest BCUT2D eigenvalue weighted by molar-refractivity contribution is -0.124. The molecule has 6 nitrogen and oxygen atoms in total. The number of carbonyl (C=O) groups excluding carboxylic acids is 2. The fourth-order valence-electron chi connectivity index (χ4n) is 4.06. The Hall–Kier alpha value is -3.42. The van der Waals surface area contributed by atoms with Crippen molar-refractivity contribution in [1.82, 2.24) is 4.90 Å². The van der Waals surface area contributed by atoms with E-state index in [4.69, 9.17) is 21.6 Å². The Balaban J connectivity index is 1.42. The number of benzene rings is 3. The normalized spacial score (nSPS) is 17.3. The van der Waals surface area contributed by atoms with Crippen molar-refractivity contribution < 1.29 is 9.59 Å². The van der Waals surface area contributed by atoms with Crippen molar-refractivity contribution in [2.75, 3.05) is 5.32 Å². The van der Waals surface area contributed by atoms with Gasteiger partial charge in [0.05, 0.1) is 10.9 Å². The first-order valence-electron chi connectivity index (χ1n) is 11.4. The van der Waals surface area contributed by atoms with Crippen LogP contribution < -0.4 is 5.32 Å². The predicted octanol–water partition coefficient (Wildman–Crippen LogP) is 5.69. The summed E-state index contributed by atoms with van der Waals surface area (Å²) in [5.74, 6) is 0.307. The molecule has 0 aliphatic carbocycles. The van der Waals surface area contributed by atoms with Gasteiger partial charge in [0.15, 0.2) is 5.17 Å². The summed E-state index contributed by atoms with van der Waals surface area (Å²) in [5, 5.41) is 3.56. The molecule has 35 heavy (non-hydrogen) atoms. The number of amides is 2. The summed E-state index contributed by atoms with van der Waals surface area (Å²) in [7, 11) is 0. The number of aliphatic imine (C=N–C) groups is 2. The Kier molecular flexibility index (Phi) is 6.70. The monoisotopic (exact) mass is 502 g/mol. The van der Waals surface area contributed by atoms with Crippen LogP contribution in [0.5, 0.6) is 0 Å². The maximum atomic E-state index is 13.5. The van der Waals surface area contributed by atoms with Gasteiger partial charge in [-0.2, -0.15) is 0 Å². The number of hydrogen-bond donors (Lipinski definition) is 1. The molecular weight excluding hydrogens is 480 g/mol. The number of halogens is 1. The lowest BCUT2D eigenvalue weighted by Crippen LogP contribution is -2.42. The van der Waals surface area contributed by atoms with E-state index in [0.717, 1.165) is 16.8 Å². The zero-order chi connectivity index (χ0) is 24.4. The quantitative estimate of drug-likeness (QED) is 0.470. The van der Waals surface area contributed by atoms with Gasteiger partial charge >= 0.3 is 0 Å². The van der Waals surface area contributed by atoms with E-state index in [1.165, 1.54) is 11.8 Å². The molecule has 0 radical (unpaired) electrons. The first-order valence-corrected chi connectivity index (χ1v) is 12.7. The van der Waals surface area contributed by atoms with Crippen LogP contribution in [-0.2, 0) is 16.0 Å². The van der Waals surface area contributed by atoms with Gasteiger partial charge in [-0.15, -0.1) is 0 Å². The van der Waals surface area contributed by atoms with Gasteiger partial charge in [-0.25, -0.2) is 9.89 Å². The minimum absolute atomic E-state index is 0.127. The first-order chi connectivity index (χ1) is 17.0. The molecule has 2 heterocycles. The van der Waals surface area contributed by atoms with E-state index in [9.17, 15) is 9.59 Å². The largest absolute Gasteiger partial charge is 0.325 e. The number of fused-ring (bicyclic) bond motifs is 3. The fraction of sp³-hybridized carbons (Fsp3) is 0.185. The minimum atomic E-state index is -0.535. The molecule has 3 aromatic carbocycles. The number of nitrogens with one attached hydrogen (secondary N) is 1. The van der Waals surface area contributed by atoms with Crippen molar-refractivity contribution in [3.05, 3.63) is 95.0 Å². The first kappa shape index (κ1) is 23.3. The van der Waals surface area contributed by atoms with Crippen LogP contribution in [0, 0.1) is 0 Å². The highest BCUT2D eigenvalue weighted by Gasteiger charge is 2.42. The van der Waals surface area contributed by atoms with Gasteiger partial charge in [0.25, 0.3) is 5.91 Å². The third-order valence-corrected chi connectivity index (χ3v) is 7.41. The van der Waals surface area contributed by atoms with Crippen molar-refractivity contribution in [1.29, 1.82) is 0 Å². The minimum Gasteiger partial charge on any atom is -0.325 e. The molecule has 0 aromatic heterocycles. The summed E-state index contributed by atoms with van der Waals surface area (Å²) < 4.78 is 0. The molecule has 0 spiro atoms. The van der Waals surface area contributed by atoms with Crippen LogP contribution in [0.1, 0.15) is 24.5 Å². The Morgan fingerprint density at radius 2 is 1.77 bits per heavy atom. The van der Waals surface area contributed by atoms with E-state index in [2.05, 4.69) is 5.32 Å². The highest BCUT2D eigenvalue weighted by atomic mass is 35.5. The molecule has 2 amide bonds. The Bertz CT molecular complexity index is 1320. The molecule has 5 rings (SSSR count). The van der Waals surface area contributed by atoms with Gasteiger partial charge in [0.2, 0.25) is 5.91 Å². The molecule has 0 fully saturated rings. The van der Waals surface area contributed by atoms with Crippen LogP contribution in [0.15, 0.2) is 88.8 Å². The number of carbonyl (C=O) groups is 2. The third-order valence-electron chi connectivity index (χ3n) is 5.84. The third kappa shape index (κ3) is 4.88. The van der Waals surface area contributed by atoms with Crippen LogP contribution in [0.25, 0.3) is 0 Å². The summed E-state index contributed by atoms with van der Waals surface area (Å²) in [4.78, 5) is 37.8. The average Bonchev–Trinajstić information content (AvgIpc) is 3.20. The fourth-order valence-corrected chi connectivity index (χ4v) is 5.20. The zero-order valence-electron chi connectivity index (χ0n) is 19.0. The summed E-state index contributed by atoms with van der Waals surface area (Å²) in [6.07, 6.45) is 1.07. The molecule has 1 N–H and O–H groups in total. The van der Waals surface area contributed by atoms with Gasteiger partial charge in [-0.05, 0) is 48.4 Å². The molecule has 2 aliphatic rings. The van der Waals surface area contributed by atoms with Crippen LogP contribution in [-0.4, -0.2) is 39.0 Å². The van der Waals surface area contributed by atoms with Gasteiger partial charge in [0, 0.05) is 22.7 Å². The highest BCUT2D eigenvalue weighted by molar-refractivity contribution is 8.15. The van der Waals surface area contributed by atoms with Crippen molar-refractivity contribution >= 4 is 57.6 Å². The van der Waals surface area contributed by atoms with Crippen molar-refractivity contribution in [3.63, 3.8) is 0 Å². The Morgan fingerprint density at radius 1 is 1.06 bits per heavy atom. The van der Waals surface area contributed by atoms with E-state index < -0.39 is 11.3 Å². The van der Waals surface area contributed by atoms with E-state index in [-0.39, 0.29) is 11.8 Å². The molecule has 0 bridgehead atoms. The molecular formula is C27H23ClN4O2S. The van der Waals surface area contributed by atoms with Crippen LogP contribution >= 0.6 is 23.4 Å². The van der Waals surface area contributed by atoms with Crippen LogP contribution in [0.4, 0.5) is 11.4 Å². The number of rotatable bonds is 6. The second-order valence-electron chi connectivity index (χ2n) is 8.25. The van der Waals surface area contributed by atoms with Crippen molar-refractivity contribution in [3.8, 4) is 0 Å². The van der Waals surface area contributed by atoms with Gasteiger partial charge < -0.3 is 5.32 Å². The van der Waals surface area contributed by atoms with E-state index >= 15 is 0 Å². The van der Waals surface area contributed by atoms with Gasteiger partial charge in [0.1, 0.15) is 11.9 Å². The summed E-state index contributed by atoms with van der Waals surface area (Å²) >= 11 is 7.24. The molecule has 176 valence electrons. The lowest BCUT2D eigenvalue weighted by Gasteiger charge is -2.27. The smallest absolute Gasteiger partial charge is 0.259 e. The Labute approximate surface area is 213 Å². The molecule has 3 aromatic rings. The summed E-state index contributed by atoms with van der Waals surface area (Å²) in [5.41, 5.74) is 3.27. The standard InChI is InChI=1S/C27H23ClN4O2S/c1-2-23(25(33)29-19-14-12-18(28)13-15-19)35-27-31-21-11-7-6-10-20(21)24-30-22(26(34)32(24)27)16-17-8-4-3-5-9-17/h3-15,22-23H,2,16H2,1H3,(H,29,33)/t22-,23+/m0/s1. The number of amidine groups is 2. The summed E-state index contributed by atoms with van der Waals surface area (Å²) in [6, 6.07) is 23.9. The zero-order valence-corrected chi connectivity index (χ0v) is 20.6. The maximum absolute atomic E-state index is 13.5. The topological polar surface area (TPSA) is 74.1 Å². The highest BCUT2D eigenvalue weighted by Crippen LogP contribution is 2.36. The Morgan fingerprint density at radius 3 is 2.51 bits per heavy atom.